The number of aromatic amines is 1. The van der Waals surface area contributed by atoms with Crippen molar-refractivity contribution in [2.24, 2.45) is 0 Å². The lowest BCUT2D eigenvalue weighted by Crippen LogP contribution is -2.50. The molecular weight excluding hydrogens is 463 g/mol. The van der Waals surface area contributed by atoms with Crippen molar-refractivity contribution in [3.8, 4) is 11.5 Å². The third kappa shape index (κ3) is 4.18. The van der Waals surface area contributed by atoms with Crippen molar-refractivity contribution in [2.75, 3.05) is 6.61 Å². The molecule has 0 bridgehead atoms. The van der Waals surface area contributed by atoms with E-state index in [2.05, 4.69) is 20.0 Å². The molecule has 2 aromatic heterocycles. The maximum Gasteiger partial charge on any atom is 0.573 e. The molecule has 178 valence electrons. The number of benzene rings is 2. The first-order valence-electron chi connectivity index (χ1n) is 10.6. The topological polar surface area (TPSA) is 93.3 Å². The number of pyridine rings is 2. The van der Waals surface area contributed by atoms with Crippen LogP contribution in [0, 0.1) is 0 Å². The summed E-state index contributed by atoms with van der Waals surface area (Å²) in [6.07, 6.45) is -1.67. The van der Waals surface area contributed by atoms with Crippen LogP contribution in [0.5, 0.6) is 11.5 Å². The third-order valence-electron chi connectivity index (χ3n) is 5.87. The van der Waals surface area contributed by atoms with Gasteiger partial charge in [0.2, 0.25) is 0 Å². The molecule has 5 rings (SSSR count). The predicted molar refractivity (Wildman–Crippen MR) is 120 cm³/mol. The molecular formula is C25H18F3N3O4. The van der Waals surface area contributed by atoms with Crippen LogP contribution in [0.2, 0.25) is 0 Å². The van der Waals surface area contributed by atoms with Crippen LogP contribution in [0.4, 0.5) is 13.2 Å². The summed E-state index contributed by atoms with van der Waals surface area (Å²) in [6.45, 7) is 0.228. The van der Waals surface area contributed by atoms with E-state index < -0.39 is 17.8 Å². The van der Waals surface area contributed by atoms with E-state index in [9.17, 15) is 22.8 Å². The van der Waals surface area contributed by atoms with Gasteiger partial charge in [0.05, 0.1) is 12.2 Å². The number of amides is 1. The zero-order valence-corrected chi connectivity index (χ0v) is 18.1. The maximum absolute atomic E-state index is 13.6. The maximum atomic E-state index is 13.6. The number of hydrogen-bond acceptors (Lipinski definition) is 5. The van der Waals surface area contributed by atoms with Crippen LogP contribution in [0.1, 0.15) is 28.0 Å². The van der Waals surface area contributed by atoms with Crippen molar-refractivity contribution in [3.05, 3.63) is 100 Å². The van der Waals surface area contributed by atoms with Gasteiger partial charge < -0.3 is 19.8 Å². The van der Waals surface area contributed by atoms with Gasteiger partial charge in [0, 0.05) is 29.6 Å². The Morgan fingerprint density at radius 3 is 2.54 bits per heavy atom. The first-order chi connectivity index (χ1) is 16.8. The highest BCUT2D eigenvalue weighted by Crippen LogP contribution is 2.41. The number of halogens is 3. The van der Waals surface area contributed by atoms with Crippen molar-refractivity contribution in [2.45, 2.75) is 18.3 Å². The molecule has 0 spiro atoms. The standard InChI is InChI=1S/C25H18F3N3O4/c26-25(27,28)35-16-9-7-15(8-10-16)24(11-13-34-20-6-3-12-29-21(20)24)31-23(33)19-14-30-22(32)18-5-2-1-4-17(18)19/h1-10,12,14H,11,13H2,(H,30,32)(H,31,33)/t24-/m0/s1. The highest BCUT2D eigenvalue weighted by Gasteiger charge is 2.43. The van der Waals surface area contributed by atoms with Crippen LogP contribution in [-0.4, -0.2) is 28.8 Å². The molecule has 1 atom stereocenters. The number of carbonyl (C=O) groups is 1. The SMILES string of the molecule is O=C(N[C@]1(c2ccc(OC(F)(F)F)cc2)CCOc2cccnc21)c1c[nH]c(=O)c2ccccc12. The number of carbonyl (C=O) groups excluding carboxylic acids is 1. The number of fused-ring (bicyclic) bond motifs is 2. The second-order valence-corrected chi connectivity index (χ2v) is 7.96. The zero-order chi connectivity index (χ0) is 24.6. The lowest BCUT2D eigenvalue weighted by atomic mass is 9.81. The fourth-order valence-corrected chi connectivity index (χ4v) is 4.33. The van der Waals surface area contributed by atoms with Crippen molar-refractivity contribution >= 4 is 16.7 Å². The Balaban J connectivity index is 1.61. The van der Waals surface area contributed by atoms with Gasteiger partial charge in [-0.1, -0.05) is 30.3 Å². The molecule has 0 saturated carbocycles. The number of alkyl halides is 3. The molecule has 2 N–H and O–H groups in total. The Labute approximate surface area is 196 Å². The lowest BCUT2D eigenvalue weighted by Gasteiger charge is -2.39. The van der Waals surface area contributed by atoms with E-state index in [1.54, 1.807) is 42.6 Å². The first kappa shape index (κ1) is 22.5. The van der Waals surface area contributed by atoms with Crippen molar-refractivity contribution < 1.29 is 27.4 Å². The predicted octanol–water partition coefficient (Wildman–Crippen LogP) is 4.28. The Hall–Kier alpha value is -4.34. The van der Waals surface area contributed by atoms with Crippen LogP contribution in [0.25, 0.3) is 10.8 Å². The third-order valence-corrected chi connectivity index (χ3v) is 5.87. The van der Waals surface area contributed by atoms with E-state index in [4.69, 9.17) is 4.74 Å². The molecule has 1 aliphatic heterocycles. The van der Waals surface area contributed by atoms with E-state index in [-0.39, 0.29) is 29.9 Å². The molecule has 4 aromatic rings. The van der Waals surface area contributed by atoms with Gasteiger partial charge >= 0.3 is 6.36 Å². The summed E-state index contributed by atoms with van der Waals surface area (Å²) in [5.41, 5.74) is -0.388. The average molecular weight is 481 g/mol. The fraction of sp³-hybridized carbons (Fsp3) is 0.160. The summed E-state index contributed by atoms with van der Waals surface area (Å²) in [5, 5.41) is 3.85. The van der Waals surface area contributed by atoms with Gasteiger partial charge in [-0.25, -0.2) is 0 Å². The number of H-pyrrole nitrogens is 1. The summed E-state index contributed by atoms with van der Waals surface area (Å²) in [7, 11) is 0. The van der Waals surface area contributed by atoms with Crippen molar-refractivity contribution in [3.63, 3.8) is 0 Å². The molecule has 0 unspecified atom stereocenters. The lowest BCUT2D eigenvalue weighted by molar-refractivity contribution is -0.274. The van der Waals surface area contributed by atoms with Crippen LogP contribution < -0.4 is 20.3 Å². The van der Waals surface area contributed by atoms with Gasteiger partial charge in [0.25, 0.3) is 11.5 Å². The van der Waals surface area contributed by atoms with E-state index in [1.807, 2.05) is 0 Å². The van der Waals surface area contributed by atoms with E-state index in [1.165, 1.54) is 30.5 Å². The van der Waals surface area contributed by atoms with Crippen molar-refractivity contribution in [1.82, 2.24) is 15.3 Å². The van der Waals surface area contributed by atoms with Gasteiger partial charge in [0.15, 0.2) is 0 Å². The zero-order valence-electron chi connectivity index (χ0n) is 18.1. The second kappa shape index (κ2) is 8.46. The molecule has 35 heavy (non-hydrogen) atoms. The fourth-order valence-electron chi connectivity index (χ4n) is 4.33. The highest BCUT2D eigenvalue weighted by atomic mass is 19.4. The van der Waals surface area contributed by atoms with Crippen LogP contribution >= 0.6 is 0 Å². The molecule has 0 radical (unpaired) electrons. The van der Waals surface area contributed by atoms with E-state index in [0.29, 0.717) is 27.8 Å². The minimum atomic E-state index is -4.83. The van der Waals surface area contributed by atoms with Gasteiger partial charge in [-0.05, 0) is 35.9 Å². The van der Waals surface area contributed by atoms with Gasteiger partial charge in [-0.3, -0.25) is 14.6 Å². The second-order valence-electron chi connectivity index (χ2n) is 7.96. The molecule has 0 saturated heterocycles. The van der Waals surface area contributed by atoms with Crippen LogP contribution in [-0.2, 0) is 5.54 Å². The summed E-state index contributed by atoms with van der Waals surface area (Å²) in [4.78, 5) is 32.9. The summed E-state index contributed by atoms with van der Waals surface area (Å²) >= 11 is 0. The van der Waals surface area contributed by atoms with Crippen LogP contribution in [0.15, 0.2) is 77.9 Å². The normalized spacial score (nSPS) is 17.3. The average Bonchev–Trinajstić information content (AvgIpc) is 2.84. The molecule has 0 aliphatic carbocycles. The monoisotopic (exact) mass is 481 g/mol. The largest absolute Gasteiger partial charge is 0.573 e. The summed E-state index contributed by atoms with van der Waals surface area (Å²) in [5.74, 6) is -0.435. The number of nitrogens with one attached hydrogen (secondary N) is 2. The molecule has 1 amide bonds. The molecule has 1 aliphatic rings. The van der Waals surface area contributed by atoms with E-state index in [0.717, 1.165) is 0 Å². The Morgan fingerprint density at radius 1 is 1.06 bits per heavy atom. The highest BCUT2D eigenvalue weighted by molar-refractivity contribution is 6.06. The van der Waals surface area contributed by atoms with E-state index >= 15 is 0 Å². The quantitative estimate of drug-likeness (QED) is 0.454. The minimum absolute atomic E-state index is 0.228. The Kier molecular flexibility index (Phi) is 5.43. The molecule has 2 aromatic carbocycles. The summed E-state index contributed by atoms with van der Waals surface area (Å²) in [6, 6.07) is 15.4. The number of hydrogen-bond donors (Lipinski definition) is 2. The number of nitrogens with zero attached hydrogens (tertiary/aromatic N) is 1. The first-order valence-corrected chi connectivity index (χ1v) is 10.6. The molecule has 7 nitrogen and oxygen atoms in total. The van der Waals surface area contributed by atoms with Crippen molar-refractivity contribution in [1.29, 1.82) is 0 Å². The Bertz CT molecular complexity index is 1470. The minimum Gasteiger partial charge on any atom is -0.491 e. The molecule has 10 heteroatoms. The number of aromatic nitrogens is 2. The van der Waals surface area contributed by atoms with Crippen LogP contribution in [0.3, 0.4) is 0 Å². The number of rotatable bonds is 4. The molecule has 3 heterocycles. The van der Waals surface area contributed by atoms with Gasteiger partial charge in [-0.15, -0.1) is 13.2 Å². The smallest absolute Gasteiger partial charge is 0.491 e. The van der Waals surface area contributed by atoms with Gasteiger partial charge in [-0.2, -0.15) is 0 Å². The summed E-state index contributed by atoms with van der Waals surface area (Å²) < 4.78 is 47.7. The molecule has 0 fully saturated rings. The number of ether oxygens (including phenoxy) is 2. The Morgan fingerprint density at radius 2 is 1.80 bits per heavy atom. The van der Waals surface area contributed by atoms with Gasteiger partial charge in [0.1, 0.15) is 22.7 Å².